The first-order valence-electron chi connectivity index (χ1n) is 6.70. The minimum absolute atomic E-state index is 0.306. The molecule has 2 N–H and O–H groups in total. The average molecular weight is 297 g/mol. The maximum Gasteiger partial charge on any atom is 0.257 e. The summed E-state index contributed by atoms with van der Waals surface area (Å²) in [6.07, 6.45) is 1.11. The molecule has 5 nitrogen and oxygen atoms in total. The SMILES string of the molecule is COC1CCN(c2cc3c(cc2Cl)C(O)C(=O)N3)CC1. The molecule has 0 bridgehead atoms. The predicted molar refractivity (Wildman–Crippen MR) is 77.3 cm³/mol. The molecule has 1 atom stereocenters. The van der Waals surface area contributed by atoms with Crippen molar-refractivity contribution in [2.24, 2.45) is 0 Å². The van der Waals surface area contributed by atoms with E-state index in [1.54, 1.807) is 13.2 Å². The van der Waals surface area contributed by atoms with Gasteiger partial charge in [0.15, 0.2) is 6.10 Å². The van der Waals surface area contributed by atoms with E-state index in [9.17, 15) is 9.90 Å². The number of anilines is 2. The summed E-state index contributed by atoms with van der Waals surface area (Å²) >= 11 is 6.30. The summed E-state index contributed by atoms with van der Waals surface area (Å²) in [5.41, 5.74) is 2.10. The van der Waals surface area contributed by atoms with Gasteiger partial charge in [0, 0.05) is 31.5 Å². The molecule has 1 saturated heterocycles. The molecule has 1 aromatic carbocycles. The highest BCUT2D eigenvalue weighted by Crippen LogP contribution is 2.39. The minimum Gasteiger partial charge on any atom is -0.381 e. The third-order valence-electron chi connectivity index (χ3n) is 4.04. The molecule has 2 aliphatic rings. The Bertz CT molecular complexity index is 541. The van der Waals surface area contributed by atoms with Crippen LogP contribution < -0.4 is 10.2 Å². The van der Waals surface area contributed by atoms with Crippen LogP contribution in [0.15, 0.2) is 12.1 Å². The highest BCUT2D eigenvalue weighted by molar-refractivity contribution is 6.33. The molecule has 0 saturated carbocycles. The van der Waals surface area contributed by atoms with Gasteiger partial charge in [-0.25, -0.2) is 0 Å². The van der Waals surface area contributed by atoms with Crippen LogP contribution in [0.4, 0.5) is 11.4 Å². The zero-order valence-electron chi connectivity index (χ0n) is 11.2. The number of aliphatic hydroxyl groups is 1. The van der Waals surface area contributed by atoms with Crippen LogP contribution in [0.1, 0.15) is 24.5 Å². The van der Waals surface area contributed by atoms with Gasteiger partial charge >= 0.3 is 0 Å². The lowest BCUT2D eigenvalue weighted by Gasteiger charge is -2.33. The molecule has 1 aromatic rings. The van der Waals surface area contributed by atoms with E-state index in [1.165, 1.54) is 0 Å². The molecular formula is C14H17ClN2O3. The summed E-state index contributed by atoms with van der Waals surface area (Å²) < 4.78 is 5.36. The summed E-state index contributed by atoms with van der Waals surface area (Å²) in [6, 6.07) is 3.52. The second kappa shape index (κ2) is 5.24. The van der Waals surface area contributed by atoms with Crippen LogP contribution in [0.5, 0.6) is 0 Å². The van der Waals surface area contributed by atoms with Crippen LogP contribution in [-0.4, -0.2) is 37.3 Å². The van der Waals surface area contributed by atoms with Gasteiger partial charge in [0.25, 0.3) is 5.91 Å². The summed E-state index contributed by atoms with van der Waals surface area (Å²) in [4.78, 5) is 13.7. The first-order valence-corrected chi connectivity index (χ1v) is 7.08. The van der Waals surface area contributed by atoms with Gasteiger partial charge in [-0.05, 0) is 25.0 Å². The van der Waals surface area contributed by atoms with Gasteiger partial charge in [0.2, 0.25) is 0 Å². The van der Waals surface area contributed by atoms with Gasteiger partial charge in [0.1, 0.15) is 0 Å². The molecule has 108 valence electrons. The lowest BCUT2D eigenvalue weighted by molar-refractivity contribution is -0.123. The van der Waals surface area contributed by atoms with Gasteiger partial charge in [-0.15, -0.1) is 0 Å². The monoisotopic (exact) mass is 296 g/mol. The van der Waals surface area contributed by atoms with Crippen LogP contribution >= 0.6 is 11.6 Å². The predicted octanol–water partition coefficient (Wildman–Crippen LogP) is 1.94. The smallest absolute Gasteiger partial charge is 0.257 e. The van der Waals surface area contributed by atoms with Crippen LogP contribution in [0.2, 0.25) is 5.02 Å². The molecule has 6 heteroatoms. The summed E-state index contributed by atoms with van der Waals surface area (Å²) in [7, 11) is 1.74. The number of halogens is 1. The molecule has 20 heavy (non-hydrogen) atoms. The third kappa shape index (κ3) is 2.26. The number of carbonyl (C=O) groups excluding carboxylic acids is 1. The molecule has 0 aliphatic carbocycles. The standard InChI is InChI=1S/C14H17ClN2O3/c1-20-8-2-4-17(5-3-8)12-7-11-9(6-10(12)15)13(18)14(19)16-11/h6-8,13,18H,2-5H2,1H3,(H,16,19). The second-order valence-electron chi connectivity index (χ2n) is 5.20. The molecule has 2 heterocycles. The number of benzene rings is 1. The van der Waals surface area contributed by atoms with Crippen LogP contribution in [0.25, 0.3) is 0 Å². The van der Waals surface area contributed by atoms with E-state index in [1.807, 2.05) is 6.07 Å². The topological polar surface area (TPSA) is 61.8 Å². The fourth-order valence-corrected chi connectivity index (χ4v) is 3.12. The number of hydrogen-bond donors (Lipinski definition) is 2. The first kappa shape index (κ1) is 13.7. The number of nitrogens with one attached hydrogen (secondary N) is 1. The molecular weight excluding hydrogens is 280 g/mol. The highest BCUT2D eigenvalue weighted by Gasteiger charge is 2.31. The molecule has 1 fully saturated rings. The Hall–Kier alpha value is -1.30. The molecule has 0 radical (unpaired) electrons. The molecule has 0 spiro atoms. The van der Waals surface area contributed by atoms with Crippen LogP contribution in [-0.2, 0) is 9.53 Å². The van der Waals surface area contributed by atoms with Crippen molar-refractivity contribution in [2.75, 3.05) is 30.4 Å². The highest BCUT2D eigenvalue weighted by atomic mass is 35.5. The summed E-state index contributed by atoms with van der Waals surface area (Å²) in [5, 5.41) is 13.0. The van der Waals surface area contributed by atoms with Crippen molar-refractivity contribution in [1.82, 2.24) is 0 Å². The first-order chi connectivity index (χ1) is 9.60. The average Bonchev–Trinajstić information content (AvgIpc) is 2.74. The van der Waals surface area contributed by atoms with E-state index < -0.39 is 12.0 Å². The Balaban J connectivity index is 1.85. The lowest BCUT2D eigenvalue weighted by Crippen LogP contribution is -2.36. The van der Waals surface area contributed by atoms with Crippen molar-refractivity contribution in [3.63, 3.8) is 0 Å². The number of carbonyl (C=O) groups is 1. The Morgan fingerprint density at radius 2 is 2.10 bits per heavy atom. The maximum atomic E-state index is 11.5. The van der Waals surface area contributed by atoms with Gasteiger partial charge in [0.05, 0.1) is 16.8 Å². The Kier molecular flexibility index (Phi) is 3.58. The van der Waals surface area contributed by atoms with Crippen LogP contribution in [0.3, 0.4) is 0 Å². The van der Waals surface area contributed by atoms with Crippen molar-refractivity contribution in [1.29, 1.82) is 0 Å². The number of fused-ring (bicyclic) bond motifs is 1. The normalized spacial score (nSPS) is 22.9. The van der Waals surface area contributed by atoms with Crippen molar-refractivity contribution in [2.45, 2.75) is 25.0 Å². The van der Waals surface area contributed by atoms with Gasteiger partial charge < -0.3 is 20.1 Å². The Morgan fingerprint density at radius 3 is 2.75 bits per heavy atom. The van der Waals surface area contributed by atoms with Crippen molar-refractivity contribution in [3.05, 3.63) is 22.7 Å². The summed E-state index contributed by atoms with van der Waals surface area (Å²) in [5.74, 6) is -0.397. The minimum atomic E-state index is -1.12. The van der Waals surface area contributed by atoms with Crippen molar-refractivity contribution >= 4 is 28.9 Å². The van der Waals surface area contributed by atoms with Crippen molar-refractivity contribution in [3.8, 4) is 0 Å². The number of piperidine rings is 1. The number of amides is 1. The van der Waals surface area contributed by atoms with E-state index in [4.69, 9.17) is 16.3 Å². The van der Waals surface area contributed by atoms with E-state index in [0.29, 0.717) is 22.4 Å². The quantitative estimate of drug-likeness (QED) is 0.875. The lowest BCUT2D eigenvalue weighted by atomic mass is 10.1. The fraction of sp³-hybridized carbons (Fsp3) is 0.500. The number of nitrogens with zero attached hydrogens (tertiary/aromatic N) is 1. The maximum absolute atomic E-state index is 11.5. The van der Waals surface area contributed by atoms with E-state index in [2.05, 4.69) is 10.2 Å². The molecule has 0 aromatic heterocycles. The fourth-order valence-electron chi connectivity index (χ4n) is 2.83. The number of methoxy groups -OCH3 is 1. The van der Waals surface area contributed by atoms with Gasteiger partial charge in [-0.1, -0.05) is 11.6 Å². The third-order valence-corrected chi connectivity index (χ3v) is 4.34. The summed E-state index contributed by atoms with van der Waals surface area (Å²) in [6.45, 7) is 1.74. The second-order valence-corrected chi connectivity index (χ2v) is 5.61. The number of rotatable bonds is 2. The van der Waals surface area contributed by atoms with Crippen LogP contribution in [0, 0.1) is 0 Å². The van der Waals surface area contributed by atoms with Gasteiger partial charge in [-0.3, -0.25) is 4.79 Å². The Labute approximate surface area is 122 Å². The van der Waals surface area contributed by atoms with E-state index in [0.717, 1.165) is 31.6 Å². The molecule has 2 aliphatic heterocycles. The Morgan fingerprint density at radius 1 is 1.40 bits per heavy atom. The van der Waals surface area contributed by atoms with Crippen molar-refractivity contribution < 1.29 is 14.6 Å². The molecule has 1 amide bonds. The number of aliphatic hydroxyl groups excluding tert-OH is 1. The van der Waals surface area contributed by atoms with E-state index >= 15 is 0 Å². The molecule has 1 unspecified atom stereocenters. The van der Waals surface area contributed by atoms with E-state index in [-0.39, 0.29) is 0 Å². The zero-order valence-corrected chi connectivity index (χ0v) is 12.0. The van der Waals surface area contributed by atoms with Gasteiger partial charge in [-0.2, -0.15) is 0 Å². The largest absolute Gasteiger partial charge is 0.381 e. The number of hydrogen-bond acceptors (Lipinski definition) is 4. The molecule has 3 rings (SSSR count). The number of ether oxygens (including phenoxy) is 1. The zero-order chi connectivity index (χ0) is 14.3.